The Hall–Kier alpha value is 0.540. The van der Waals surface area contributed by atoms with Crippen LogP contribution in [-0.4, -0.2) is 70.7 Å². The average molecular weight is 346 g/mol. The number of hydrogen-bond donors (Lipinski definition) is 1. The summed E-state index contributed by atoms with van der Waals surface area (Å²) < 4.78 is 27.2. The fraction of sp³-hybridized carbons (Fsp3) is 1.00. The van der Waals surface area contributed by atoms with Crippen LogP contribution in [0.3, 0.4) is 0 Å². The van der Waals surface area contributed by atoms with Gasteiger partial charge in [0.25, 0.3) is 0 Å². The third-order valence-electron chi connectivity index (χ3n) is 3.83. The molecular formula is C12H21B2O6PS. The second kappa shape index (κ2) is 8.08. The minimum atomic E-state index is -3.41. The molecule has 2 rings (SSSR count). The van der Waals surface area contributed by atoms with Crippen LogP contribution in [0.15, 0.2) is 0 Å². The molecule has 122 valence electrons. The van der Waals surface area contributed by atoms with E-state index < -0.39 is 18.7 Å². The largest absolute Gasteiger partial charge is 0.382 e. The smallest absolute Gasteiger partial charge is 0.324 e. The molecule has 1 N–H and O–H groups in total. The number of rotatable bonds is 7. The Morgan fingerprint density at radius 3 is 2.36 bits per heavy atom. The average Bonchev–Trinajstić information content (AvgIpc) is 2.98. The SMILES string of the molecule is [B]C1CC(OC)C(COP(O)(=S)OC2CC([B])OC2CC)O1. The number of methoxy groups -OCH3 is 1. The van der Waals surface area contributed by atoms with Crippen LogP contribution < -0.4 is 0 Å². The molecule has 2 fully saturated rings. The van der Waals surface area contributed by atoms with Gasteiger partial charge in [-0.1, -0.05) is 6.92 Å². The summed E-state index contributed by atoms with van der Waals surface area (Å²) in [6, 6.07) is -0.805. The first-order chi connectivity index (χ1) is 10.3. The molecule has 7 atom stereocenters. The predicted octanol–water partition coefficient (Wildman–Crippen LogP) is 0.597. The first-order valence-corrected chi connectivity index (χ1v) is 9.94. The molecule has 2 aliphatic heterocycles. The summed E-state index contributed by atoms with van der Waals surface area (Å²) in [4.78, 5) is 10.2. The Bertz CT molecular complexity index is 417. The van der Waals surface area contributed by atoms with E-state index in [1.807, 2.05) is 6.92 Å². The van der Waals surface area contributed by atoms with Crippen molar-refractivity contribution in [2.75, 3.05) is 13.7 Å². The quantitative estimate of drug-likeness (QED) is 0.535. The molecule has 2 aliphatic rings. The van der Waals surface area contributed by atoms with Crippen molar-refractivity contribution in [1.82, 2.24) is 0 Å². The van der Waals surface area contributed by atoms with Gasteiger partial charge in [-0.15, -0.1) is 0 Å². The fourth-order valence-corrected chi connectivity index (χ4v) is 4.21. The van der Waals surface area contributed by atoms with Crippen LogP contribution in [0.5, 0.6) is 0 Å². The van der Waals surface area contributed by atoms with Crippen molar-refractivity contribution in [2.45, 2.75) is 62.6 Å². The minimum absolute atomic E-state index is 0.0659. The molecule has 0 bridgehead atoms. The highest BCUT2D eigenvalue weighted by molar-refractivity contribution is 8.07. The van der Waals surface area contributed by atoms with Crippen molar-refractivity contribution in [3.05, 3.63) is 0 Å². The van der Waals surface area contributed by atoms with Gasteiger partial charge in [0.15, 0.2) is 0 Å². The van der Waals surface area contributed by atoms with Crippen LogP contribution in [0.25, 0.3) is 0 Å². The molecule has 2 saturated heterocycles. The van der Waals surface area contributed by atoms with Crippen LogP contribution >= 0.6 is 6.72 Å². The molecule has 2 heterocycles. The normalized spacial score (nSPS) is 41.6. The maximum absolute atomic E-state index is 10.2. The molecule has 4 radical (unpaired) electrons. The monoisotopic (exact) mass is 346 g/mol. The fourth-order valence-electron chi connectivity index (χ4n) is 2.73. The van der Waals surface area contributed by atoms with Crippen molar-refractivity contribution in [1.29, 1.82) is 0 Å². The lowest BCUT2D eigenvalue weighted by Gasteiger charge is -2.25. The standard InChI is InChI=1S/C12H21B2O6PS/c1-3-7-9(5-12(14)18-7)20-21(15,22)17-6-10-8(16-2)4-11(13)19-10/h7-12H,3-6H2,1-2H3,(H,15,22). The Balaban J connectivity index is 1.84. The van der Waals surface area contributed by atoms with Gasteiger partial charge >= 0.3 is 6.72 Å². The lowest BCUT2D eigenvalue weighted by atomic mass is 9.96. The van der Waals surface area contributed by atoms with E-state index in [1.165, 1.54) is 0 Å². The van der Waals surface area contributed by atoms with E-state index >= 15 is 0 Å². The summed E-state index contributed by atoms with van der Waals surface area (Å²) in [7, 11) is 13.0. The minimum Gasteiger partial charge on any atom is -0.382 e. The maximum Gasteiger partial charge on any atom is 0.324 e. The van der Waals surface area contributed by atoms with E-state index in [-0.39, 0.29) is 31.0 Å². The van der Waals surface area contributed by atoms with Crippen LogP contribution in [-0.2, 0) is 35.1 Å². The van der Waals surface area contributed by atoms with Crippen molar-refractivity contribution in [3.8, 4) is 0 Å². The Morgan fingerprint density at radius 2 is 1.77 bits per heavy atom. The zero-order valence-electron chi connectivity index (χ0n) is 12.8. The van der Waals surface area contributed by atoms with E-state index in [9.17, 15) is 4.89 Å². The predicted molar refractivity (Wildman–Crippen MR) is 86.5 cm³/mol. The molecule has 0 spiro atoms. The van der Waals surface area contributed by atoms with Gasteiger partial charge < -0.3 is 28.2 Å². The van der Waals surface area contributed by atoms with Crippen LogP contribution in [0.1, 0.15) is 26.2 Å². The zero-order valence-corrected chi connectivity index (χ0v) is 14.5. The maximum atomic E-state index is 10.2. The van der Waals surface area contributed by atoms with E-state index in [0.29, 0.717) is 12.8 Å². The van der Waals surface area contributed by atoms with Gasteiger partial charge in [0, 0.05) is 19.1 Å². The van der Waals surface area contributed by atoms with Gasteiger partial charge in [0.1, 0.15) is 21.8 Å². The van der Waals surface area contributed by atoms with Crippen molar-refractivity contribution in [2.24, 2.45) is 0 Å². The third kappa shape index (κ3) is 5.02. The van der Waals surface area contributed by atoms with Gasteiger partial charge in [-0.25, -0.2) is 0 Å². The molecule has 6 nitrogen and oxygen atoms in total. The molecule has 0 aromatic carbocycles. The second-order valence-corrected chi connectivity index (χ2v) is 8.28. The summed E-state index contributed by atoms with van der Waals surface area (Å²) in [5, 5.41) is 0. The van der Waals surface area contributed by atoms with Gasteiger partial charge in [-0.3, -0.25) is 0 Å². The third-order valence-corrected chi connectivity index (χ3v) is 5.42. The van der Waals surface area contributed by atoms with Crippen LogP contribution in [0.4, 0.5) is 0 Å². The van der Waals surface area contributed by atoms with Crippen molar-refractivity contribution in [3.63, 3.8) is 0 Å². The van der Waals surface area contributed by atoms with E-state index in [1.54, 1.807) is 7.11 Å². The highest BCUT2D eigenvalue weighted by Crippen LogP contribution is 2.48. The van der Waals surface area contributed by atoms with E-state index in [0.717, 1.165) is 6.42 Å². The van der Waals surface area contributed by atoms with E-state index in [2.05, 4.69) is 0 Å². The van der Waals surface area contributed by atoms with Gasteiger partial charge in [-0.05, 0) is 31.1 Å². The Morgan fingerprint density at radius 1 is 1.18 bits per heavy atom. The van der Waals surface area contributed by atoms with Gasteiger partial charge in [0.2, 0.25) is 0 Å². The summed E-state index contributed by atoms with van der Waals surface area (Å²) in [5.74, 6) is 0. The number of ether oxygens (including phenoxy) is 3. The molecule has 0 amide bonds. The van der Waals surface area contributed by atoms with Crippen LogP contribution in [0, 0.1) is 0 Å². The molecule has 0 aromatic heterocycles. The molecule has 0 aromatic rings. The van der Waals surface area contributed by atoms with Crippen LogP contribution in [0.2, 0.25) is 0 Å². The van der Waals surface area contributed by atoms with Crippen molar-refractivity contribution < 1.29 is 28.2 Å². The molecule has 22 heavy (non-hydrogen) atoms. The Kier molecular flexibility index (Phi) is 6.93. The Labute approximate surface area is 139 Å². The summed E-state index contributed by atoms with van der Waals surface area (Å²) in [5.41, 5.74) is 0. The lowest BCUT2D eigenvalue weighted by Crippen LogP contribution is -2.29. The zero-order chi connectivity index (χ0) is 16.3. The van der Waals surface area contributed by atoms with E-state index in [4.69, 9.17) is 50.8 Å². The summed E-state index contributed by atoms with van der Waals surface area (Å²) in [6.07, 6.45) is 0.672. The topological polar surface area (TPSA) is 66.4 Å². The molecule has 7 unspecified atom stereocenters. The first-order valence-electron chi connectivity index (χ1n) is 7.35. The second-order valence-electron chi connectivity index (χ2n) is 5.49. The van der Waals surface area contributed by atoms with Gasteiger partial charge in [0.05, 0.1) is 24.9 Å². The molecule has 0 saturated carbocycles. The number of hydrogen-bond acceptors (Lipinski definition) is 6. The first kappa shape index (κ1) is 18.9. The van der Waals surface area contributed by atoms with Crippen molar-refractivity contribution >= 4 is 34.2 Å². The summed E-state index contributed by atoms with van der Waals surface area (Å²) >= 11 is 5.06. The summed E-state index contributed by atoms with van der Waals surface area (Å²) in [6.45, 7) is -1.38. The highest BCUT2D eigenvalue weighted by Gasteiger charge is 2.38. The highest BCUT2D eigenvalue weighted by atomic mass is 32.5. The molecule has 10 heteroatoms. The molecule has 0 aliphatic carbocycles. The molecular weight excluding hydrogens is 325 g/mol. The lowest BCUT2D eigenvalue weighted by molar-refractivity contribution is -0.0226. The van der Waals surface area contributed by atoms with Gasteiger partial charge in [-0.2, -0.15) is 0 Å².